The lowest BCUT2D eigenvalue weighted by molar-refractivity contribution is -0.126. The van der Waals surface area contributed by atoms with E-state index in [0.29, 0.717) is 6.54 Å². The Kier molecular flexibility index (Phi) is 5.97. The van der Waals surface area contributed by atoms with Crippen LogP contribution in [0.15, 0.2) is 47.4 Å². The van der Waals surface area contributed by atoms with Gasteiger partial charge in [0.1, 0.15) is 0 Å². The third-order valence-corrected chi connectivity index (χ3v) is 6.86. The fraction of sp³-hybridized carbons (Fsp3) is 0.300. The summed E-state index contributed by atoms with van der Waals surface area (Å²) in [6.07, 6.45) is -0.322. The molecule has 29 heavy (non-hydrogen) atoms. The number of benzene rings is 2. The van der Waals surface area contributed by atoms with E-state index in [1.165, 1.54) is 33.2 Å². The van der Waals surface area contributed by atoms with Crippen LogP contribution >= 0.6 is 11.6 Å². The number of hydrogen-bond acceptors (Lipinski definition) is 5. The summed E-state index contributed by atoms with van der Waals surface area (Å²) in [6, 6.07) is 11.3. The highest BCUT2D eigenvalue weighted by atomic mass is 35.5. The first-order chi connectivity index (χ1) is 13.6. The molecule has 0 bridgehead atoms. The van der Waals surface area contributed by atoms with E-state index in [2.05, 4.69) is 0 Å². The predicted molar refractivity (Wildman–Crippen MR) is 110 cm³/mol. The number of hydrogen-bond donors (Lipinski definition) is 0. The van der Waals surface area contributed by atoms with Crippen molar-refractivity contribution >= 4 is 39.2 Å². The molecule has 1 heterocycles. The van der Waals surface area contributed by atoms with Crippen molar-refractivity contribution in [3.8, 4) is 0 Å². The lowest BCUT2D eigenvalue weighted by atomic mass is 10.2. The lowest BCUT2D eigenvalue weighted by Crippen LogP contribution is -2.39. The van der Waals surface area contributed by atoms with Crippen LogP contribution in [-0.4, -0.2) is 51.3 Å². The highest BCUT2D eigenvalue weighted by Gasteiger charge is 2.30. The molecule has 3 rings (SSSR count). The van der Waals surface area contributed by atoms with Gasteiger partial charge in [-0.2, -0.15) is 0 Å². The Balaban J connectivity index is 1.79. The summed E-state index contributed by atoms with van der Waals surface area (Å²) in [4.78, 5) is 26.9. The highest BCUT2D eigenvalue weighted by molar-refractivity contribution is 7.89. The van der Waals surface area contributed by atoms with Crippen LogP contribution in [0.1, 0.15) is 22.8 Å². The van der Waals surface area contributed by atoms with Crippen molar-refractivity contribution in [3.05, 3.63) is 58.6 Å². The number of fused-ring (bicyclic) bond motifs is 1. The minimum absolute atomic E-state index is 0.0406. The molecule has 0 N–H and O–H groups in total. The Labute approximate surface area is 174 Å². The number of amides is 1. The van der Waals surface area contributed by atoms with Crippen LogP contribution < -0.4 is 4.90 Å². The van der Waals surface area contributed by atoms with Crippen LogP contribution in [-0.2, 0) is 26.0 Å². The molecule has 1 aliphatic heterocycles. The summed E-state index contributed by atoms with van der Waals surface area (Å²) >= 11 is 6.07. The maximum atomic E-state index is 12.8. The number of carbonyl (C=O) groups is 2. The molecule has 0 aromatic heterocycles. The third-order valence-electron chi connectivity index (χ3n) is 4.72. The van der Waals surface area contributed by atoms with Gasteiger partial charge in [0.2, 0.25) is 10.0 Å². The van der Waals surface area contributed by atoms with Gasteiger partial charge in [-0.1, -0.05) is 29.8 Å². The highest BCUT2D eigenvalue weighted by Crippen LogP contribution is 2.29. The second kappa shape index (κ2) is 8.14. The topological polar surface area (TPSA) is 84.0 Å². The Hall–Kier alpha value is -2.42. The molecule has 1 aliphatic rings. The van der Waals surface area contributed by atoms with E-state index in [4.69, 9.17) is 16.3 Å². The summed E-state index contributed by atoms with van der Waals surface area (Å²) in [7, 11) is -0.978. The quantitative estimate of drug-likeness (QED) is 0.673. The minimum atomic E-state index is -3.75. The minimum Gasteiger partial charge on any atom is -0.449 e. The molecular formula is C20H21ClN2O5S. The maximum Gasteiger partial charge on any atom is 0.340 e. The van der Waals surface area contributed by atoms with Gasteiger partial charge in [0.05, 0.1) is 15.5 Å². The zero-order valence-corrected chi connectivity index (χ0v) is 17.8. The lowest BCUT2D eigenvalue weighted by Gasteiger charge is -2.22. The van der Waals surface area contributed by atoms with Crippen LogP contribution in [0.4, 0.5) is 5.69 Å². The molecule has 0 aliphatic carbocycles. The van der Waals surface area contributed by atoms with Crippen molar-refractivity contribution in [3.63, 3.8) is 0 Å². The van der Waals surface area contributed by atoms with Gasteiger partial charge in [-0.3, -0.25) is 4.79 Å². The molecule has 1 amide bonds. The molecule has 2 aromatic carbocycles. The maximum absolute atomic E-state index is 12.8. The normalized spacial score (nSPS) is 14.6. The second-order valence-corrected chi connectivity index (χ2v) is 9.40. The summed E-state index contributed by atoms with van der Waals surface area (Å²) in [5, 5.41) is 0.0406. The summed E-state index contributed by atoms with van der Waals surface area (Å²) in [5.41, 5.74) is 1.75. The molecule has 0 radical (unpaired) electrons. The smallest absolute Gasteiger partial charge is 0.340 e. The van der Waals surface area contributed by atoms with E-state index in [9.17, 15) is 18.0 Å². The average molecular weight is 437 g/mol. The van der Waals surface area contributed by atoms with Gasteiger partial charge in [-0.05, 0) is 43.2 Å². The molecule has 0 unspecified atom stereocenters. The van der Waals surface area contributed by atoms with Gasteiger partial charge >= 0.3 is 5.97 Å². The first kappa shape index (κ1) is 21.3. The van der Waals surface area contributed by atoms with E-state index in [-0.39, 0.29) is 21.4 Å². The Bertz CT molecular complexity index is 1070. The molecule has 154 valence electrons. The van der Waals surface area contributed by atoms with Crippen molar-refractivity contribution in [2.24, 2.45) is 0 Å². The average Bonchev–Trinajstić information content (AvgIpc) is 3.11. The molecule has 0 saturated carbocycles. The second-order valence-electron chi connectivity index (χ2n) is 6.85. The van der Waals surface area contributed by atoms with Crippen LogP contribution in [0, 0.1) is 0 Å². The summed E-state index contributed by atoms with van der Waals surface area (Å²) in [6.45, 7) is 1.99. The van der Waals surface area contributed by atoms with Crippen LogP contribution in [0.5, 0.6) is 0 Å². The fourth-order valence-electron chi connectivity index (χ4n) is 3.09. The molecule has 7 nitrogen and oxygen atoms in total. The molecule has 0 spiro atoms. The van der Waals surface area contributed by atoms with Crippen molar-refractivity contribution in [1.29, 1.82) is 0 Å². The SMILES string of the molecule is C[C@H](OC(=O)c1cc(S(=O)(=O)N(C)C)ccc1Cl)C(=O)N1CCc2ccccc21. The molecule has 9 heteroatoms. The Morgan fingerprint density at radius 1 is 1.17 bits per heavy atom. The number of rotatable bonds is 5. The molecule has 0 saturated heterocycles. The number of ether oxygens (including phenoxy) is 1. The standard InChI is InChI=1S/C20H21ClN2O5S/c1-13(19(24)23-11-10-14-6-4-5-7-18(14)23)28-20(25)16-12-15(8-9-17(16)21)29(26,27)22(2)3/h4-9,12-13H,10-11H2,1-3H3/t13-/m0/s1. The third kappa shape index (κ3) is 4.14. The number of para-hydroxylation sites is 1. The van der Waals surface area contributed by atoms with Gasteiger partial charge in [0.15, 0.2) is 6.10 Å². The van der Waals surface area contributed by atoms with E-state index < -0.39 is 22.1 Å². The number of anilines is 1. The zero-order valence-electron chi connectivity index (χ0n) is 16.3. The first-order valence-electron chi connectivity index (χ1n) is 8.95. The van der Waals surface area contributed by atoms with Crippen molar-refractivity contribution < 1.29 is 22.7 Å². The van der Waals surface area contributed by atoms with Crippen LogP contribution in [0.2, 0.25) is 5.02 Å². The summed E-state index contributed by atoms with van der Waals surface area (Å²) < 4.78 is 31.0. The van der Waals surface area contributed by atoms with Crippen molar-refractivity contribution in [2.45, 2.75) is 24.3 Å². The number of sulfonamides is 1. The Morgan fingerprint density at radius 2 is 1.86 bits per heavy atom. The summed E-state index contributed by atoms with van der Waals surface area (Å²) in [5.74, 6) is -1.21. The van der Waals surface area contributed by atoms with Crippen LogP contribution in [0.3, 0.4) is 0 Å². The number of esters is 1. The fourth-order valence-corrected chi connectivity index (χ4v) is 4.22. The molecule has 0 fully saturated rings. The van der Waals surface area contributed by atoms with Crippen LogP contribution in [0.25, 0.3) is 0 Å². The van der Waals surface area contributed by atoms with Crippen molar-refractivity contribution in [2.75, 3.05) is 25.5 Å². The van der Waals surface area contributed by atoms with Gasteiger partial charge in [-0.25, -0.2) is 17.5 Å². The van der Waals surface area contributed by atoms with E-state index in [1.807, 2.05) is 24.3 Å². The largest absolute Gasteiger partial charge is 0.449 e. The number of nitrogens with zero attached hydrogens (tertiary/aromatic N) is 2. The zero-order chi connectivity index (χ0) is 21.3. The van der Waals surface area contributed by atoms with E-state index in [0.717, 1.165) is 28.0 Å². The number of halogens is 1. The Morgan fingerprint density at radius 3 is 2.55 bits per heavy atom. The van der Waals surface area contributed by atoms with Gasteiger partial charge in [0.25, 0.3) is 5.91 Å². The first-order valence-corrected chi connectivity index (χ1v) is 10.8. The van der Waals surface area contributed by atoms with E-state index in [1.54, 1.807) is 4.90 Å². The monoisotopic (exact) mass is 436 g/mol. The van der Waals surface area contributed by atoms with Gasteiger partial charge < -0.3 is 9.64 Å². The van der Waals surface area contributed by atoms with Crippen molar-refractivity contribution in [1.82, 2.24) is 4.31 Å². The molecular weight excluding hydrogens is 416 g/mol. The molecule has 1 atom stereocenters. The molecule has 2 aromatic rings. The predicted octanol–water partition coefficient (Wildman–Crippen LogP) is 2.72. The van der Waals surface area contributed by atoms with E-state index >= 15 is 0 Å². The van der Waals surface area contributed by atoms with Gasteiger partial charge in [0, 0.05) is 26.3 Å². The van der Waals surface area contributed by atoms with Gasteiger partial charge in [-0.15, -0.1) is 0 Å². The number of carbonyl (C=O) groups excluding carboxylic acids is 2.